The molecule has 61 valence electrons. The van der Waals surface area contributed by atoms with Crippen LogP contribution in [0.4, 0.5) is 0 Å². The SMILES string of the molecule is C[CH]CO[Si](C)(C)CCC. The van der Waals surface area contributed by atoms with Gasteiger partial charge in [-0.05, 0) is 25.6 Å². The molecule has 0 unspecified atom stereocenters. The summed E-state index contributed by atoms with van der Waals surface area (Å²) in [6, 6.07) is 1.28. The van der Waals surface area contributed by atoms with E-state index in [0.717, 1.165) is 6.61 Å². The summed E-state index contributed by atoms with van der Waals surface area (Å²) in [6.07, 6.45) is 3.33. The smallest absolute Gasteiger partial charge is 0.186 e. The average molecular weight is 159 g/mol. The Labute approximate surface area is 65.9 Å². The summed E-state index contributed by atoms with van der Waals surface area (Å²) in [4.78, 5) is 0. The van der Waals surface area contributed by atoms with Gasteiger partial charge in [-0.2, -0.15) is 0 Å². The molecule has 1 radical (unpaired) electrons. The van der Waals surface area contributed by atoms with Gasteiger partial charge in [-0.15, -0.1) is 0 Å². The zero-order valence-corrected chi connectivity index (χ0v) is 8.61. The van der Waals surface area contributed by atoms with Gasteiger partial charge in [-0.1, -0.05) is 20.3 Å². The number of rotatable bonds is 5. The van der Waals surface area contributed by atoms with Gasteiger partial charge in [0.05, 0.1) is 0 Å². The molecule has 0 aliphatic rings. The van der Waals surface area contributed by atoms with E-state index in [-0.39, 0.29) is 0 Å². The van der Waals surface area contributed by atoms with Crippen LogP contribution in [0.25, 0.3) is 0 Å². The molecule has 0 aliphatic heterocycles. The second kappa shape index (κ2) is 4.91. The largest absolute Gasteiger partial charge is 0.417 e. The second-order valence-electron chi connectivity index (χ2n) is 3.23. The molecule has 0 saturated heterocycles. The van der Waals surface area contributed by atoms with Crippen molar-refractivity contribution in [2.24, 2.45) is 0 Å². The molecule has 0 aromatic heterocycles. The zero-order valence-electron chi connectivity index (χ0n) is 7.61. The van der Waals surface area contributed by atoms with Crippen LogP contribution < -0.4 is 0 Å². The van der Waals surface area contributed by atoms with Crippen LogP contribution in [0.1, 0.15) is 20.3 Å². The molecule has 0 bridgehead atoms. The van der Waals surface area contributed by atoms with Crippen LogP contribution in [0.15, 0.2) is 0 Å². The summed E-state index contributed by atoms with van der Waals surface area (Å²) in [5.41, 5.74) is 0. The van der Waals surface area contributed by atoms with Crippen molar-refractivity contribution in [1.29, 1.82) is 0 Å². The van der Waals surface area contributed by atoms with Crippen LogP contribution in [0, 0.1) is 6.42 Å². The van der Waals surface area contributed by atoms with E-state index in [9.17, 15) is 0 Å². The van der Waals surface area contributed by atoms with E-state index < -0.39 is 8.32 Å². The maximum Gasteiger partial charge on any atom is 0.186 e. The normalized spacial score (nSPS) is 12.0. The Kier molecular flexibility index (Phi) is 5.00. The van der Waals surface area contributed by atoms with Gasteiger partial charge in [0.2, 0.25) is 0 Å². The Morgan fingerprint density at radius 3 is 2.40 bits per heavy atom. The zero-order chi connectivity index (χ0) is 8.04. The third kappa shape index (κ3) is 5.00. The van der Waals surface area contributed by atoms with Gasteiger partial charge < -0.3 is 4.43 Å². The molecule has 0 rings (SSSR count). The molecule has 0 N–H and O–H groups in total. The molecule has 0 amide bonds. The lowest BCUT2D eigenvalue weighted by atomic mass is 10.5. The second-order valence-corrected chi connectivity index (χ2v) is 7.54. The molecule has 0 aromatic carbocycles. The first-order valence-corrected chi connectivity index (χ1v) is 7.15. The molecule has 1 nitrogen and oxygen atoms in total. The van der Waals surface area contributed by atoms with Crippen molar-refractivity contribution < 1.29 is 4.43 Å². The highest BCUT2D eigenvalue weighted by molar-refractivity contribution is 6.71. The molecule has 0 aromatic rings. The standard InChI is InChI=1S/C8H19OSi/c1-5-7-9-10(3,4)8-6-2/h5H,6-8H2,1-4H3. The fourth-order valence-corrected chi connectivity index (χ4v) is 2.95. The first-order valence-electron chi connectivity index (χ1n) is 4.04. The molecular formula is C8H19OSi. The summed E-state index contributed by atoms with van der Waals surface area (Å²) in [5.74, 6) is 0. The summed E-state index contributed by atoms with van der Waals surface area (Å²) >= 11 is 0. The highest BCUT2D eigenvalue weighted by Crippen LogP contribution is 2.12. The molecule has 0 saturated carbocycles. The maximum absolute atomic E-state index is 5.70. The highest BCUT2D eigenvalue weighted by atomic mass is 28.4. The Bertz CT molecular complexity index is 81.3. The molecule has 0 aliphatic carbocycles. The van der Waals surface area contributed by atoms with Crippen molar-refractivity contribution >= 4 is 8.32 Å². The van der Waals surface area contributed by atoms with Crippen LogP contribution in [-0.2, 0) is 4.43 Å². The fraction of sp³-hybridized carbons (Fsp3) is 0.875. The van der Waals surface area contributed by atoms with Gasteiger partial charge in [0.1, 0.15) is 0 Å². The Hall–Kier alpha value is 0.177. The van der Waals surface area contributed by atoms with Crippen LogP contribution in [0.3, 0.4) is 0 Å². The molecule has 0 heterocycles. The van der Waals surface area contributed by atoms with E-state index in [4.69, 9.17) is 4.43 Å². The van der Waals surface area contributed by atoms with Crippen molar-refractivity contribution in [3.05, 3.63) is 6.42 Å². The van der Waals surface area contributed by atoms with Crippen molar-refractivity contribution in [3.63, 3.8) is 0 Å². The predicted molar refractivity (Wildman–Crippen MR) is 48.5 cm³/mol. The molecule has 0 atom stereocenters. The van der Waals surface area contributed by atoms with E-state index in [2.05, 4.69) is 26.4 Å². The highest BCUT2D eigenvalue weighted by Gasteiger charge is 2.19. The lowest BCUT2D eigenvalue weighted by Crippen LogP contribution is -2.30. The van der Waals surface area contributed by atoms with Gasteiger partial charge in [-0.3, -0.25) is 0 Å². The van der Waals surface area contributed by atoms with Crippen molar-refractivity contribution in [3.8, 4) is 0 Å². The van der Waals surface area contributed by atoms with E-state index >= 15 is 0 Å². The molecule has 10 heavy (non-hydrogen) atoms. The Balaban J connectivity index is 3.42. The van der Waals surface area contributed by atoms with E-state index in [1.54, 1.807) is 0 Å². The van der Waals surface area contributed by atoms with Gasteiger partial charge in [0.25, 0.3) is 0 Å². The summed E-state index contributed by atoms with van der Waals surface area (Å²) in [5, 5.41) is 0. The van der Waals surface area contributed by atoms with E-state index in [1.807, 2.05) is 6.92 Å². The summed E-state index contributed by atoms with van der Waals surface area (Å²) in [7, 11) is -1.26. The molecular weight excluding hydrogens is 140 g/mol. The van der Waals surface area contributed by atoms with Crippen LogP contribution in [0.2, 0.25) is 19.1 Å². The first kappa shape index (κ1) is 10.2. The quantitative estimate of drug-likeness (QED) is 0.560. The lowest BCUT2D eigenvalue weighted by Gasteiger charge is -2.21. The monoisotopic (exact) mass is 159 g/mol. The third-order valence-corrected chi connectivity index (χ3v) is 4.15. The topological polar surface area (TPSA) is 9.23 Å². The first-order chi connectivity index (χ1) is 4.62. The van der Waals surface area contributed by atoms with E-state index in [1.165, 1.54) is 12.5 Å². The van der Waals surface area contributed by atoms with Gasteiger partial charge in [0.15, 0.2) is 8.32 Å². The summed E-state index contributed by atoms with van der Waals surface area (Å²) in [6.45, 7) is 9.64. The predicted octanol–water partition coefficient (Wildman–Crippen LogP) is 2.84. The van der Waals surface area contributed by atoms with Crippen LogP contribution in [0.5, 0.6) is 0 Å². The van der Waals surface area contributed by atoms with Crippen molar-refractivity contribution in [2.45, 2.75) is 39.4 Å². The summed E-state index contributed by atoms with van der Waals surface area (Å²) < 4.78 is 5.70. The van der Waals surface area contributed by atoms with Gasteiger partial charge >= 0.3 is 0 Å². The Morgan fingerprint density at radius 1 is 1.40 bits per heavy atom. The Morgan fingerprint density at radius 2 is 2.00 bits per heavy atom. The van der Waals surface area contributed by atoms with Crippen molar-refractivity contribution in [2.75, 3.05) is 6.61 Å². The average Bonchev–Trinajstić information content (AvgIpc) is 1.84. The molecule has 0 fully saturated rings. The maximum atomic E-state index is 5.70. The number of hydrogen-bond acceptors (Lipinski definition) is 1. The van der Waals surface area contributed by atoms with E-state index in [0.29, 0.717) is 0 Å². The lowest BCUT2D eigenvalue weighted by molar-refractivity contribution is 0.338. The minimum atomic E-state index is -1.26. The molecule has 0 spiro atoms. The fourth-order valence-electron chi connectivity index (χ4n) is 0.983. The number of hydrogen-bond donors (Lipinski definition) is 0. The third-order valence-electron chi connectivity index (χ3n) is 1.49. The van der Waals surface area contributed by atoms with Crippen molar-refractivity contribution in [1.82, 2.24) is 0 Å². The van der Waals surface area contributed by atoms with Crippen LogP contribution >= 0.6 is 0 Å². The van der Waals surface area contributed by atoms with Gasteiger partial charge in [-0.25, -0.2) is 0 Å². The molecule has 2 heteroatoms. The van der Waals surface area contributed by atoms with Crippen LogP contribution in [-0.4, -0.2) is 14.9 Å². The van der Waals surface area contributed by atoms with Gasteiger partial charge in [0, 0.05) is 6.61 Å². The minimum Gasteiger partial charge on any atom is -0.417 e. The minimum absolute atomic E-state index is 0.833.